The Labute approximate surface area is 91.7 Å². The average Bonchev–Trinajstić information content (AvgIpc) is 2.63. The first-order valence-electron chi connectivity index (χ1n) is 4.33. The highest BCUT2D eigenvalue weighted by molar-refractivity contribution is 6.29. The van der Waals surface area contributed by atoms with Crippen molar-refractivity contribution < 1.29 is 4.74 Å². The molecule has 0 saturated heterocycles. The molecular formula is C9H9ClN4O. The fourth-order valence-corrected chi connectivity index (χ4v) is 1.16. The lowest BCUT2D eigenvalue weighted by Gasteiger charge is -2.04. The van der Waals surface area contributed by atoms with Gasteiger partial charge in [0, 0.05) is 7.05 Å². The molecule has 2 rings (SSSR count). The van der Waals surface area contributed by atoms with Crippen LogP contribution in [0.4, 0.5) is 0 Å². The molecule has 0 aliphatic carbocycles. The summed E-state index contributed by atoms with van der Waals surface area (Å²) < 4.78 is 7.10. The predicted octanol–water partition coefficient (Wildman–Crippen LogP) is 1.44. The van der Waals surface area contributed by atoms with Crippen molar-refractivity contribution in [3.63, 3.8) is 0 Å². The maximum absolute atomic E-state index is 5.64. The molecule has 0 unspecified atom stereocenters. The Hall–Kier alpha value is -1.62. The SMILES string of the molecule is Cn1ncnc1COc1ccc(Cl)nc1. The largest absolute Gasteiger partial charge is 0.484 e. The quantitative estimate of drug-likeness (QED) is 0.741. The first-order chi connectivity index (χ1) is 7.25. The molecule has 0 saturated carbocycles. The van der Waals surface area contributed by atoms with Gasteiger partial charge in [0.05, 0.1) is 6.20 Å². The Balaban J connectivity index is 1.99. The molecule has 6 heteroatoms. The van der Waals surface area contributed by atoms with Crippen LogP contribution in [0.2, 0.25) is 5.15 Å². The highest BCUT2D eigenvalue weighted by Crippen LogP contribution is 2.13. The maximum atomic E-state index is 5.64. The first-order valence-corrected chi connectivity index (χ1v) is 4.71. The van der Waals surface area contributed by atoms with Gasteiger partial charge in [0.25, 0.3) is 0 Å². The van der Waals surface area contributed by atoms with Gasteiger partial charge in [-0.3, -0.25) is 4.68 Å². The van der Waals surface area contributed by atoms with E-state index in [1.54, 1.807) is 23.0 Å². The lowest BCUT2D eigenvalue weighted by Crippen LogP contribution is -2.04. The van der Waals surface area contributed by atoms with E-state index in [0.717, 1.165) is 5.82 Å². The summed E-state index contributed by atoms with van der Waals surface area (Å²) in [5.41, 5.74) is 0. The van der Waals surface area contributed by atoms with Crippen LogP contribution in [0.5, 0.6) is 5.75 Å². The van der Waals surface area contributed by atoms with Gasteiger partial charge in [0.1, 0.15) is 23.8 Å². The summed E-state index contributed by atoms with van der Waals surface area (Å²) in [7, 11) is 1.81. The van der Waals surface area contributed by atoms with E-state index < -0.39 is 0 Å². The first kappa shape index (κ1) is 9.92. The Bertz CT molecular complexity index is 440. The molecule has 78 valence electrons. The number of hydrogen-bond donors (Lipinski definition) is 0. The van der Waals surface area contributed by atoms with E-state index in [2.05, 4.69) is 15.1 Å². The Morgan fingerprint density at radius 3 is 2.87 bits per heavy atom. The number of hydrogen-bond acceptors (Lipinski definition) is 4. The standard InChI is InChI=1S/C9H9ClN4O/c1-14-9(12-6-13-14)5-15-7-2-3-8(10)11-4-7/h2-4,6H,5H2,1H3. The molecule has 0 bridgehead atoms. The van der Waals surface area contributed by atoms with Crippen molar-refractivity contribution in [2.45, 2.75) is 6.61 Å². The van der Waals surface area contributed by atoms with Gasteiger partial charge in [-0.25, -0.2) is 9.97 Å². The maximum Gasteiger partial charge on any atom is 0.164 e. The van der Waals surface area contributed by atoms with E-state index in [4.69, 9.17) is 16.3 Å². The fourth-order valence-electron chi connectivity index (χ4n) is 1.05. The van der Waals surface area contributed by atoms with Crippen molar-refractivity contribution in [2.24, 2.45) is 7.05 Å². The highest BCUT2D eigenvalue weighted by atomic mass is 35.5. The van der Waals surface area contributed by atoms with Crippen LogP contribution in [0.25, 0.3) is 0 Å². The van der Waals surface area contributed by atoms with Crippen molar-refractivity contribution in [3.8, 4) is 5.75 Å². The molecule has 15 heavy (non-hydrogen) atoms. The van der Waals surface area contributed by atoms with Gasteiger partial charge in [-0.1, -0.05) is 11.6 Å². The molecule has 0 spiro atoms. The Kier molecular flexibility index (Phi) is 2.82. The predicted molar refractivity (Wildman–Crippen MR) is 54.6 cm³/mol. The van der Waals surface area contributed by atoms with Crippen molar-refractivity contribution in [3.05, 3.63) is 35.6 Å². The number of aromatic nitrogens is 4. The molecule has 0 radical (unpaired) electrons. The van der Waals surface area contributed by atoms with Gasteiger partial charge in [-0.15, -0.1) is 0 Å². The molecule has 0 N–H and O–H groups in total. The lowest BCUT2D eigenvalue weighted by molar-refractivity contribution is 0.288. The molecule has 0 fully saturated rings. The number of nitrogens with zero attached hydrogens (tertiary/aromatic N) is 4. The summed E-state index contributed by atoms with van der Waals surface area (Å²) in [5, 5.41) is 4.38. The van der Waals surface area contributed by atoms with Crippen molar-refractivity contribution in [1.82, 2.24) is 19.7 Å². The van der Waals surface area contributed by atoms with E-state index in [1.165, 1.54) is 6.33 Å². The van der Waals surface area contributed by atoms with Crippen LogP contribution in [0.1, 0.15) is 5.82 Å². The van der Waals surface area contributed by atoms with Crippen LogP contribution in [-0.2, 0) is 13.7 Å². The minimum atomic E-state index is 0.361. The third kappa shape index (κ3) is 2.44. The third-order valence-corrected chi connectivity index (χ3v) is 2.10. The third-order valence-electron chi connectivity index (χ3n) is 1.87. The number of rotatable bonds is 3. The highest BCUT2D eigenvalue weighted by Gasteiger charge is 2.01. The summed E-state index contributed by atoms with van der Waals surface area (Å²) in [5.74, 6) is 1.41. The van der Waals surface area contributed by atoms with E-state index >= 15 is 0 Å². The van der Waals surface area contributed by atoms with Crippen LogP contribution in [0, 0.1) is 0 Å². The van der Waals surface area contributed by atoms with Crippen LogP contribution in [0.3, 0.4) is 0 Å². The van der Waals surface area contributed by atoms with E-state index in [-0.39, 0.29) is 0 Å². The molecule has 2 aromatic rings. The topological polar surface area (TPSA) is 52.8 Å². The van der Waals surface area contributed by atoms with Crippen LogP contribution in [0.15, 0.2) is 24.7 Å². The molecule has 0 aliphatic heterocycles. The minimum Gasteiger partial charge on any atom is -0.484 e. The van der Waals surface area contributed by atoms with E-state index in [0.29, 0.717) is 17.5 Å². The summed E-state index contributed by atoms with van der Waals surface area (Å²) in [6, 6.07) is 3.43. The second kappa shape index (κ2) is 4.27. The molecule has 2 aromatic heterocycles. The number of pyridine rings is 1. The van der Waals surface area contributed by atoms with Crippen LogP contribution >= 0.6 is 11.6 Å². The second-order valence-electron chi connectivity index (χ2n) is 2.91. The molecule has 2 heterocycles. The van der Waals surface area contributed by atoms with E-state index in [9.17, 15) is 0 Å². The van der Waals surface area contributed by atoms with E-state index in [1.807, 2.05) is 7.05 Å². The summed E-state index contributed by atoms with van der Waals surface area (Å²) >= 11 is 5.64. The van der Waals surface area contributed by atoms with Crippen molar-refractivity contribution in [1.29, 1.82) is 0 Å². The molecular weight excluding hydrogens is 216 g/mol. The van der Waals surface area contributed by atoms with Gasteiger partial charge in [0.2, 0.25) is 0 Å². The van der Waals surface area contributed by atoms with Gasteiger partial charge < -0.3 is 4.74 Å². The van der Waals surface area contributed by atoms with Crippen LogP contribution in [-0.4, -0.2) is 19.7 Å². The van der Waals surface area contributed by atoms with Gasteiger partial charge in [0.15, 0.2) is 5.82 Å². The number of ether oxygens (including phenoxy) is 1. The fraction of sp³-hybridized carbons (Fsp3) is 0.222. The molecule has 0 aliphatic rings. The smallest absolute Gasteiger partial charge is 0.164 e. The van der Waals surface area contributed by atoms with Crippen molar-refractivity contribution >= 4 is 11.6 Å². The van der Waals surface area contributed by atoms with Crippen molar-refractivity contribution in [2.75, 3.05) is 0 Å². The molecule has 0 amide bonds. The molecule has 0 aromatic carbocycles. The Morgan fingerprint density at radius 1 is 1.40 bits per heavy atom. The normalized spacial score (nSPS) is 10.3. The zero-order valence-electron chi connectivity index (χ0n) is 8.09. The second-order valence-corrected chi connectivity index (χ2v) is 3.29. The molecule has 0 atom stereocenters. The molecule has 5 nitrogen and oxygen atoms in total. The number of aryl methyl sites for hydroxylation is 1. The minimum absolute atomic E-state index is 0.361. The summed E-state index contributed by atoms with van der Waals surface area (Å²) in [6.45, 7) is 0.361. The lowest BCUT2D eigenvalue weighted by atomic mass is 10.5. The van der Waals surface area contributed by atoms with Gasteiger partial charge in [-0.2, -0.15) is 5.10 Å². The summed E-state index contributed by atoms with van der Waals surface area (Å²) in [4.78, 5) is 7.93. The zero-order chi connectivity index (χ0) is 10.7. The monoisotopic (exact) mass is 224 g/mol. The summed E-state index contributed by atoms with van der Waals surface area (Å²) in [6.07, 6.45) is 3.05. The number of halogens is 1. The van der Waals surface area contributed by atoms with Gasteiger partial charge >= 0.3 is 0 Å². The van der Waals surface area contributed by atoms with Gasteiger partial charge in [-0.05, 0) is 12.1 Å². The van der Waals surface area contributed by atoms with Crippen LogP contribution < -0.4 is 4.74 Å². The average molecular weight is 225 g/mol. The Morgan fingerprint density at radius 2 is 2.27 bits per heavy atom. The zero-order valence-corrected chi connectivity index (χ0v) is 8.85.